The molecule has 1 saturated carbocycles. The third kappa shape index (κ3) is 4.00. The summed E-state index contributed by atoms with van der Waals surface area (Å²) in [7, 11) is 1.53. The van der Waals surface area contributed by atoms with Gasteiger partial charge in [0.1, 0.15) is 6.54 Å². The molecular weight excluding hydrogens is 474 g/mol. The van der Waals surface area contributed by atoms with Crippen molar-refractivity contribution in [3.63, 3.8) is 0 Å². The van der Waals surface area contributed by atoms with E-state index < -0.39 is 17.6 Å². The van der Waals surface area contributed by atoms with Gasteiger partial charge in [0.25, 0.3) is 5.91 Å². The van der Waals surface area contributed by atoms with Gasteiger partial charge in [-0.15, -0.1) is 0 Å². The molecule has 10 heteroatoms. The van der Waals surface area contributed by atoms with E-state index in [1.165, 1.54) is 7.05 Å². The van der Waals surface area contributed by atoms with Gasteiger partial charge < -0.3 is 20.3 Å². The van der Waals surface area contributed by atoms with Crippen molar-refractivity contribution < 1.29 is 23.9 Å². The van der Waals surface area contributed by atoms with E-state index in [2.05, 4.69) is 15.6 Å². The third-order valence-electron chi connectivity index (χ3n) is 8.03. The van der Waals surface area contributed by atoms with Gasteiger partial charge in [-0.1, -0.05) is 12.1 Å². The number of anilines is 1. The number of carbonyl (C=O) groups is 4. The maximum absolute atomic E-state index is 13.6. The Morgan fingerprint density at radius 1 is 1.14 bits per heavy atom. The van der Waals surface area contributed by atoms with Crippen molar-refractivity contribution in [1.29, 1.82) is 0 Å². The Labute approximate surface area is 214 Å². The first-order valence-corrected chi connectivity index (χ1v) is 12.8. The molecule has 0 radical (unpaired) electrons. The molecule has 0 unspecified atom stereocenters. The number of nitrogens with zero attached hydrogens (tertiary/aromatic N) is 3. The molecule has 2 aromatic rings. The molecule has 1 aromatic heterocycles. The lowest BCUT2D eigenvalue weighted by molar-refractivity contribution is -0.143. The van der Waals surface area contributed by atoms with Gasteiger partial charge in [0, 0.05) is 49.2 Å². The number of urea groups is 1. The van der Waals surface area contributed by atoms with Crippen molar-refractivity contribution >= 4 is 29.6 Å². The second-order valence-electron chi connectivity index (χ2n) is 10.2. The van der Waals surface area contributed by atoms with Crippen LogP contribution in [0.1, 0.15) is 48.1 Å². The molecule has 1 saturated heterocycles. The second kappa shape index (κ2) is 8.86. The molecule has 1 aromatic carbocycles. The zero-order valence-corrected chi connectivity index (χ0v) is 20.7. The van der Waals surface area contributed by atoms with Crippen LogP contribution in [-0.4, -0.2) is 58.4 Å². The van der Waals surface area contributed by atoms with Gasteiger partial charge >= 0.3 is 12.1 Å². The highest BCUT2D eigenvalue weighted by atomic mass is 16.6. The summed E-state index contributed by atoms with van der Waals surface area (Å²) in [6.45, 7) is 0.0826. The molecule has 2 atom stereocenters. The number of ether oxygens (including phenoxy) is 1. The molecule has 4 aliphatic rings. The summed E-state index contributed by atoms with van der Waals surface area (Å²) in [6, 6.07) is 8.77. The summed E-state index contributed by atoms with van der Waals surface area (Å²) in [5.74, 6) is -0.305. The number of rotatable bonds is 4. The quantitative estimate of drug-likeness (QED) is 0.662. The number of imide groups is 1. The average Bonchev–Trinajstić information content (AvgIpc) is 3.66. The van der Waals surface area contributed by atoms with Gasteiger partial charge in [-0.25, -0.2) is 14.5 Å². The molecule has 37 heavy (non-hydrogen) atoms. The van der Waals surface area contributed by atoms with E-state index in [1.54, 1.807) is 24.4 Å². The van der Waals surface area contributed by atoms with Crippen molar-refractivity contribution in [2.75, 3.05) is 18.9 Å². The predicted octanol–water partition coefficient (Wildman–Crippen LogP) is 2.71. The van der Waals surface area contributed by atoms with E-state index >= 15 is 0 Å². The molecule has 2 fully saturated rings. The minimum atomic E-state index is -1.43. The van der Waals surface area contributed by atoms with E-state index in [9.17, 15) is 19.2 Å². The fourth-order valence-corrected chi connectivity index (χ4v) is 5.98. The number of hydrogen-bond acceptors (Lipinski definition) is 6. The number of amides is 5. The number of aromatic nitrogens is 1. The van der Waals surface area contributed by atoms with Crippen LogP contribution in [0, 0.1) is 5.92 Å². The first-order valence-electron chi connectivity index (χ1n) is 12.8. The Kier molecular flexibility index (Phi) is 5.62. The maximum atomic E-state index is 13.6. The zero-order chi connectivity index (χ0) is 25.7. The lowest BCUT2D eigenvalue weighted by Gasteiger charge is -2.31. The minimum absolute atomic E-state index is 0.0721. The molecule has 192 valence electrons. The Balaban J connectivity index is 1.23. The SMILES string of the molecule is CNC(=O)Nc1ccc2c(c1)CC[C@]21OC(=O)N(CC(=O)N2Cc3cccnc3CC[C@@H]2C2CC2)C1=O. The standard InChI is InChI=1S/C27H29N5O5/c1-28-25(35)30-19-6-7-20-17(13-19)10-11-27(20)24(34)32(26(36)37-27)15-23(33)31-14-18-3-2-12-29-21(18)8-9-22(31)16-4-5-16/h2-3,6-7,12-13,16,22H,4-5,8-11,14-15H2,1H3,(H2,28,30,35)/t22-,27+/m1/s1. The van der Waals surface area contributed by atoms with E-state index in [0.29, 0.717) is 36.6 Å². The number of carbonyl (C=O) groups excluding carboxylic acids is 4. The molecule has 5 amide bonds. The number of pyridine rings is 1. The number of benzene rings is 1. The van der Waals surface area contributed by atoms with Crippen LogP contribution in [0.3, 0.4) is 0 Å². The van der Waals surface area contributed by atoms with Crippen molar-refractivity contribution in [1.82, 2.24) is 20.1 Å². The second-order valence-corrected chi connectivity index (χ2v) is 10.2. The van der Waals surface area contributed by atoms with Crippen LogP contribution in [0.4, 0.5) is 15.3 Å². The van der Waals surface area contributed by atoms with Crippen LogP contribution in [-0.2, 0) is 39.3 Å². The highest BCUT2D eigenvalue weighted by molar-refractivity contribution is 6.06. The van der Waals surface area contributed by atoms with Crippen molar-refractivity contribution in [2.45, 2.75) is 56.7 Å². The maximum Gasteiger partial charge on any atom is 0.418 e. The molecule has 2 N–H and O–H groups in total. The topological polar surface area (TPSA) is 121 Å². The van der Waals surface area contributed by atoms with E-state index in [-0.39, 0.29) is 24.5 Å². The number of hydrogen-bond donors (Lipinski definition) is 2. The Morgan fingerprint density at radius 2 is 1.97 bits per heavy atom. The van der Waals surface area contributed by atoms with Crippen molar-refractivity contribution in [3.8, 4) is 0 Å². The molecular formula is C27H29N5O5. The number of fused-ring (bicyclic) bond motifs is 3. The summed E-state index contributed by atoms with van der Waals surface area (Å²) in [5, 5.41) is 5.21. The molecule has 6 rings (SSSR count). The van der Waals surface area contributed by atoms with Crippen LogP contribution in [0.15, 0.2) is 36.5 Å². The largest absolute Gasteiger partial charge is 0.427 e. The van der Waals surface area contributed by atoms with Crippen LogP contribution >= 0.6 is 0 Å². The smallest absolute Gasteiger partial charge is 0.418 e. The van der Waals surface area contributed by atoms with Gasteiger partial charge in [-0.2, -0.15) is 0 Å². The first-order chi connectivity index (χ1) is 17.9. The van der Waals surface area contributed by atoms with Crippen LogP contribution in [0.25, 0.3) is 0 Å². The Bertz CT molecular complexity index is 1310. The van der Waals surface area contributed by atoms with Crippen LogP contribution in [0.5, 0.6) is 0 Å². The molecule has 0 bridgehead atoms. The molecule has 2 aliphatic carbocycles. The molecule has 3 heterocycles. The normalized spacial score (nSPS) is 24.4. The molecule has 10 nitrogen and oxygen atoms in total. The van der Waals surface area contributed by atoms with Gasteiger partial charge in [-0.3, -0.25) is 14.6 Å². The molecule has 1 spiro atoms. The van der Waals surface area contributed by atoms with E-state index in [1.807, 2.05) is 17.0 Å². The lowest BCUT2D eigenvalue weighted by atomic mass is 9.94. The van der Waals surface area contributed by atoms with E-state index in [4.69, 9.17) is 4.74 Å². The average molecular weight is 504 g/mol. The van der Waals surface area contributed by atoms with Gasteiger partial charge in [0.05, 0.1) is 0 Å². The highest BCUT2D eigenvalue weighted by Crippen LogP contribution is 2.46. The van der Waals surface area contributed by atoms with Crippen molar-refractivity contribution in [3.05, 3.63) is 58.9 Å². The zero-order valence-electron chi connectivity index (χ0n) is 20.7. The summed E-state index contributed by atoms with van der Waals surface area (Å²) < 4.78 is 5.72. The summed E-state index contributed by atoms with van der Waals surface area (Å²) >= 11 is 0. The summed E-state index contributed by atoms with van der Waals surface area (Å²) in [4.78, 5) is 59.2. The van der Waals surface area contributed by atoms with Gasteiger partial charge in [0.15, 0.2) is 0 Å². The first kappa shape index (κ1) is 23.4. The predicted molar refractivity (Wildman–Crippen MR) is 132 cm³/mol. The Morgan fingerprint density at radius 3 is 2.76 bits per heavy atom. The summed E-state index contributed by atoms with van der Waals surface area (Å²) in [6.07, 6.45) is 5.59. The third-order valence-corrected chi connectivity index (χ3v) is 8.03. The van der Waals surface area contributed by atoms with Gasteiger partial charge in [0.2, 0.25) is 11.5 Å². The number of nitrogens with one attached hydrogen (secondary N) is 2. The van der Waals surface area contributed by atoms with E-state index in [0.717, 1.165) is 47.4 Å². The van der Waals surface area contributed by atoms with Gasteiger partial charge in [-0.05, 0) is 67.3 Å². The molecule has 2 aliphatic heterocycles. The highest BCUT2D eigenvalue weighted by Gasteiger charge is 2.58. The monoisotopic (exact) mass is 503 g/mol. The fourth-order valence-electron chi connectivity index (χ4n) is 5.98. The van der Waals surface area contributed by atoms with Crippen LogP contribution < -0.4 is 10.6 Å². The van der Waals surface area contributed by atoms with Crippen molar-refractivity contribution in [2.24, 2.45) is 5.92 Å². The number of aryl methyl sites for hydroxylation is 2. The summed E-state index contributed by atoms with van der Waals surface area (Å²) in [5.41, 5.74) is 2.61. The Hall–Kier alpha value is -3.95. The van der Waals surface area contributed by atoms with Crippen LogP contribution in [0.2, 0.25) is 0 Å². The lowest BCUT2D eigenvalue weighted by Crippen LogP contribution is -2.48. The minimum Gasteiger partial charge on any atom is -0.427 e. The fraction of sp³-hybridized carbons (Fsp3) is 0.444.